The number of aromatic nitrogens is 2. The lowest BCUT2D eigenvalue weighted by Crippen LogP contribution is -2.28. The predicted octanol–water partition coefficient (Wildman–Crippen LogP) is 3.09. The van der Waals surface area contributed by atoms with E-state index < -0.39 is 23.8 Å². The molecule has 0 aliphatic rings. The minimum Gasteiger partial charge on any atom is -0.494 e. The van der Waals surface area contributed by atoms with E-state index in [1.54, 1.807) is 42.6 Å². The second-order valence-corrected chi connectivity index (χ2v) is 6.61. The SMILES string of the molecule is Cc1c(C(=O)COc2ccccc2Cl)c(O)n(Cc2cccnc2)c(=O)c1C#N. The van der Waals surface area contributed by atoms with Crippen molar-refractivity contribution in [2.75, 3.05) is 6.61 Å². The highest BCUT2D eigenvalue weighted by Gasteiger charge is 2.24. The molecule has 0 atom stereocenters. The number of halogens is 1. The second kappa shape index (κ2) is 8.59. The third kappa shape index (κ3) is 4.13. The molecule has 1 N–H and O–H groups in total. The Morgan fingerprint density at radius 1 is 1.31 bits per heavy atom. The summed E-state index contributed by atoms with van der Waals surface area (Å²) in [6.45, 7) is 0.976. The zero-order chi connectivity index (χ0) is 21.0. The van der Waals surface area contributed by atoms with Crippen LogP contribution in [0.3, 0.4) is 0 Å². The number of rotatable bonds is 6. The van der Waals surface area contributed by atoms with E-state index in [0.717, 1.165) is 4.57 Å². The maximum absolute atomic E-state index is 12.8. The summed E-state index contributed by atoms with van der Waals surface area (Å²) >= 11 is 6.02. The molecule has 3 rings (SSSR count). The third-order valence-electron chi connectivity index (χ3n) is 4.34. The monoisotopic (exact) mass is 409 g/mol. The van der Waals surface area contributed by atoms with Crippen LogP contribution >= 0.6 is 11.6 Å². The Hall–Kier alpha value is -3.63. The van der Waals surface area contributed by atoms with Gasteiger partial charge in [0.1, 0.15) is 17.4 Å². The van der Waals surface area contributed by atoms with Crippen molar-refractivity contribution in [3.8, 4) is 17.7 Å². The molecule has 0 fully saturated rings. The number of carbonyl (C=O) groups excluding carboxylic acids is 1. The van der Waals surface area contributed by atoms with Gasteiger partial charge in [0, 0.05) is 12.4 Å². The Morgan fingerprint density at radius 2 is 2.07 bits per heavy atom. The molecule has 0 amide bonds. The number of carbonyl (C=O) groups is 1. The molecular weight excluding hydrogens is 394 g/mol. The third-order valence-corrected chi connectivity index (χ3v) is 4.65. The van der Waals surface area contributed by atoms with Crippen LogP contribution in [0.15, 0.2) is 53.6 Å². The number of nitrogens with zero attached hydrogens (tertiary/aromatic N) is 3. The van der Waals surface area contributed by atoms with Gasteiger partial charge in [-0.2, -0.15) is 5.26 Å². The van der Waals surface area contributed by atoms with Gasteiger partial charge in [-0.05, 0) is 36.2 Å². The van der Waals surface area contributed by atoms with Crippen molar-refractivity contribution in [1.29, 1.82) is 5.26 Å². The van der Waals surface area contributed by atoms with Crippen molar-refractivity contribution in [2.45, 2.75) is 13.5 Å². The van der Waals surface area contributed by atoms with Crippen LogP contribution in [-0.4, -0.2) is 27.0 Å². The van der Waals surface area contributed by atoms with Gasteiger partial charge in [0.2, 0.25) is 11.7 Å². The molecule has 0 aliphatic carbocycles. The van der Waals surface area contributed by atoms with E-state index in [-0.39, 0.29) is 23.2 Å². The van der Waals surface area contributed by atoms with Crippen LogP contribution < -0.4 is 10.3 Å². The number of hydrogen-bond donors (Lipinski definition) is 1. The van der Waals surface area contributed by atoms with Crippen molar-refractivity contribution in [1.82, 2.24) is 9.55 Å². The lowest BCUT2D eigenvalue weighted by molar-refractivity contribution is 0.0916. The highest BCUT2D eigenvalue weighted by Crippen LogP contribution is 2.26. The second-order valence-electron chi connectivity index (χ2n) is 6.21. The fourth-order valence-electron chi connectivity index (χ4n) is 2.88. The van der Waals surface area contributed by atoms with Gasteiger partial charge in [-0.25, -0.2) is 0 Å². The maximum Gasteiger partial charge on any atom is 0.271 e. The first kappa shape index (κ1) is 20.1. The summed E-state index contributed by atoms with van der Waals surface area (Å²) in [7, 11) is 0. The summed E-state index contributed by atoms with van der Waals surface area (Å²) in [5.74, 6) is -0.802. The van der Waals surface area contributed by atoms with E-state index >= 15 is 0 Å². The van der Waals surface area contributed by atoms with Crippen molar-refractivity contribution >= 4 is 17.4 Å². The molecular formula is C21H16ClN3O4. The number of nitriles is 1. The average molecular weight is 410 g/mol. The number of pyridine rings is 2. The number of Topliss-reactive ketones (excluding diaryl/α,β-unsaturated/α-hetero) is 1. The number of aromatic hydroxyl groups is 1. The summed E-state index contributed by atoms with van der Waals surface area (Å²) in [4.78, 5) is 29.4. The van der Waals surface area contributed by atoms with E-state index in [1.165, 1.54) is 13.1 Å². The molecule has 2 aromatic heterocycles. The van der Waals surface area contributed by atoms with E-state index in [1.807, 2.05) is 6.07 Å². The lowest BCUT2D eigenvalue weighted by atomic mass is 10.0. The Morgan fingerprint density at radius 3 is 2.72 bits per heavy atom. The molecule has 0 radical (unpaired) electrons. The summed E-state index contributed by atoms with van der Waals surface area (Å²) in [6, 6.07) is 11.9. The Kier molecular flexibility index (Phi) is 5.96. The van der Waals surface area contributed by atoms with Gasteiger partial charge in [-0.3, -0.25) is 19.1 Å². The predicted molar refractivity (Wildman–Crippen MR) is 106 cm³/mol. The molecule has 0 spiro atoms. The van der Waals surface area contributed by atoms with Crippen LogP contribution in [0.25, 0.3) is 0 Å². The van der Waals surface area contributed by atoms with Gasteiger partial charge in [0.15, 0.2) is 6.61 Å². The maximum atomic E-state index is 12.8. The summed E-state index contributed by atoms with van der Waals surface area (Å²) < 4.78 is 6.43. The van der Waals surface area contributed by atoms with E-state index in [2.05, 4.69) is 4.98 Å². The molecule has 0 unspecified atom stereocenters. The quantitative estimate of drug-likeness (QED) is 0.627. The van der Waals surface area contributed by atoms with Gasteiger partial charge in [-0.15, -0.1) is 0 Å². The Balaban J connectivity index is 2.00. The van der Waals surface area contributed by atoms with Gasteiger partial charge >= 0.3 is 0 Å². The minimum atomic E-state index is -0.685. The van der Waals surface area contributed by atoms with Crippen molar-refractivity contribution in [3.05, 3.63) is 86.4 Å². The van der Waals surface area contributed by atoms with Gasteiger partial charge in [0.05, 0.1) is 17.1 Å². The fraction of sp³-hybridized carbons (Fsp3) is 0.143. The normalized spacial score (nSPS) is 10.4. The average Bonchev–Trinajstić information content (AvgIpc) is 2.72. The van der Waals surface area contributed by atoms with E-state index in [0.29, 0.717) is 16.3 Å². The standard InChI is InChI=1S/C21H16ClN3O4/c1-13-15(9-23)20(27)25(11-14-5-4-8-24-10-14)21(28)19(13)17(26)12-29-18-7-3-2-6-16(18)22/h2-8,10,28H,11-12H2,1H3. The van der Waals surface area contributed by atoms with Crippen molar-refractivity contribution in [2.24, 2.45) is 0 Å². The first-order chi connectivity index (χ1) is 13.9. The Bertz CT molecular complexity index is 1170. The first-order valence-electron chi connectivity index (χ1n) is 8.60. The van der Waals surface area contributed by atoms with Gasteiger partial charge in [-0.1, -0.05) is 29.8 Å². The number of ether oxygens (including phenoxy) is 1. The van der Waals surface area contributed by atoms with Crippen molar-refractivity contribution < 1.29 is 14.6 Å². The highest BCUT2D eigenvalue weighted by molar-refractivity contribution is 6.32. The topological polar surface area (TPSA) is 105 Å². The Labute approximate surface area is 171 Å². The zero-order valence-corrected chi connectivity index (χ0v) is 16.2. The molecule has 146 valence electrons. The summed E-state index contributed by atoms with van der Waals surface area (Å²) in [5, 5.41) is 20.4. The van der Waals surface area contributed by atoms with Crippen LogP contribution in [0.5, 0.6) is 11.6 Å². The van der Waals surface area contributed by atoms with E-state index in [9.17, 15) is 20.0 Å². The first-order valence-corrected chi connectivity index (χ1v) is 8.97. The highest BCUT2D eigenvalue weighted by atomic mass is 35.5. The lowest BCUT2D eigenvalue weighted by Gasteiger charge is -2.16. The molecule has 7 nitrogen and oxygen atoms in total. The zero-order valence-electron chi connectivity index (χ0n) is 15.4. The molecule has 1 aromatic carbocycles. The molecule has 3 aromatic rings. The summed E-state index contributed by atoms with van der Waals surface area (Å²) in [6.07, 6.45) is 3.10. The van der Waals surface area contributed by atoms with Gasteiger partial charge < -0.3 is 9.84 Å². The number of hydrogen-bond acceptors (Lipinski definition) is 6. The molecule has 0 bridgehead atoms. The van der Waals surface area contributed by atoms with Crippen LogP contribution in [0, 0.1) is 18.3 Å². The largest absolute Gasteiger partial charge is 0.494 e. The van der Waals surface area contributed by atoms with Crippen LogP contribution in [0.4, 0.5) is 0 Å². The number of ketones is 1. The van der Waals surface area contributed by atoms with Crippen molar-refractivity contribution in [3.63, 3.8) is 0 Å². The van der Waals surface area contributed by atoms with Crippen LogP contribution in [0.1, 0.15) is 27.0 Å². The van der Waals surface area contributed by atoms with E-state index in [4.69, 9.17) is 16.3 Å². The van der Waals surface area contributed by atoms with Crippen LogP contribution in [-0.2, 0) is 6.54 Å². The molecule has 8 heteroatoms. The molecule has 0 aliphatic heterocycles. The van der Waals surface area contributed by atoms with Gasteiger partial charge in [0.25, 0.3) is 5.56 Å². The number of benzene rings is 1. The molecule has 2 heterocycles. The number of para-hydroxylation sites is 1. The minimum absolute atomic E-state index is 0.0425. The van der Waals surface area contributed by atoms with Crippen LogP contribution in [0.2, 0.25) is 5.02 Å². The molecule has 0 saturated heterocycles. The summed E-state index contributed by atoms with van der Waals surface area (Å²) in [5.41, 5.74) is -0.312. The molecule has 29 heavy (non-hydrogen) atoms. The smallest absolute Gasteiger partial charge is 0.271 e. The molecule has 0 saturated carbocycles. The fourth-order valence-corrected chi connectivity index (χ4v) is 3.07.